The van der Waals surface area contributed by atoms with E-state index in [1.807, 2.05) is 43.0 Å². The first-order valence-electron chi connectivity index (χ1n) is 9.00. The molecular formula is C20H25N3O3. The van der Waals surface area contributed by atoms with Crippen LogP contribution in [0.15, 0.2) is 36.7 Å². The van der Waals surface area contributed by atoms with E-state index in [-0.39, 0.29) is 17.7 Å². The molecule has 1 atom stereocenters. The Morgan fingerprint density at radius 2 is 1.85 bits per heavy atom. The van der Waals surface area contributed by atoms with Gasteiger partial charge in [0.05, 0.1) is 7.11 Å². The molecule has 1 fully saturated rings. The third-order valence-corrected chi connectivity index (χ3v) is 4.58. The molecule has 1 aliphatic rings. The van der Waals surface area contributed by atoms with Gasteiger partial charge in [-0.15, -0.1) is 0 Å². The molecule has 0 radical (unpaired) electrons. The van der Waals surface area contributed by atoms with Crippen molar-refractivity contribution in [1.82, 2.24) is 14.9 Å². The minimum absolute atomic E-state index is 0.00521. The van der Waals surface area contributed by atoms with Crippen LogP contribution in [0.4, 0.5) is 0 Å². The van der Waals surface area contributed by atoms with Gasteiger partial charge in [-0.25, -0.2) is 4.98 Å². The molecule has 3 rings (SSSR count). The fraction of sp³-hybridized carbons (Fsp3) is 0.450. The van der Waals surface area contributed by atoms with Gasteiger partial charge in [0, 0.05) is 37.3 Å². The SMILES string of the molecule is COc1ccc(Oc2nccnc2[C@@H]2CCCN(C(=O)C(C)C)C2)cc1. The molecule has 6 heteroatoms. The summed E-state index contributed by atoms with van der Waals surface area (Å²) in [6.45, 7) is 5.34. The summed E-state index contributed by atoms with van der Waals surface area (Å²) in [5, 5.41) is 0. The summed E-state index contributed by atoms with van der Waals surface area (Å²) in [7, 11) is 1.63. The van der Waals surface area contributed by atoms with Gasteiger partial charge in [-0.05, 0) is 37.1 Å². The third kappa shape index (κ3) is 4.12. The number of hydrogen-bond donors (Lipinski definition) is 0. The first kappa shape index (κ1) is 18.2. The van der Waals surface area contributed by atoms with E-state index < -0.39 is 0 Å². The van der Waals surface area contributed by atoms with Crippen molar-refractivity contribution in [3.63, 3.8) is 0 Å². The molecule has 1 amide bonds. The fourth-order valence-electron chi connectivity index (χ4n) is 3.22. The molecule has 0 spiro atoms. The Morgan fingerprint density at radius 3 is 2.54 bits per heavy atom. The second-order valence-corrected chi connectivity index (χ2v) is 6.80. The molecule has 0 N–H and O–H groups in total. The molecule has 0 aliphatic carbocycles. The van der Waals surface area contributed by atoms with Crippen LogP contribution in [0.25, 0.3) is 0 Å². The average Bonchev–Trinajstić information content (AvgIpc) is 2.68. The number of rotatable bonds is 5. The van der Waals surface area contributed by atoms with Crippen LogP contribution >= 0.6 is 0 Å². The minimum atomic E-state index is 0.00521. The summed E-state index contributed by atoms with van der Waals surface area (Å²) in [5.41, 5.74) is 0.810. The van der Waals surface area contributed by atoms with Gasteiger partial charge < -0.3 is 14.4 Å². The standard InChI is InChI=1S/C20H25N3O3/c1-14(2)20(24)23-12-4-5-15(13-23)18-19(22-11-10-21-18)26-17-8-6-16(25-3)7-9-17/h6-11,14-15H,4-5,12-13H2,1-3H3/t15-/m1/s1. The fourth-order valence-corrected chi connectivity index (χ4v) is 3.22. The van der Waals surface area contributed by atoms with E-state index in [0.29, 0.717) is 18.2 Å². The number of benzene rings is 1. The lowest BCUT2D eigenvalue weighted by molar-refractivity contribution is -0.135. The maximum Gasteiger partial charge on any atom is 0.241 e. The van der Waals surface area contributed by atoms with Crippen LogP contribution in [-0.2, 0) is 4.79 Å². The van der Waals surface area contributed by atoms with Crippen LogP contribution in [0.2, 0.25) is 0 Å². The third-order valence-electron chi connectivity index (χ3n) is 4.58. The van der Waals surface area contributed by atoms with E-state index in [9.17, 15) is 4.79 Å². The zero-order valence-corrected chi connectivity index (χ0v) is 15.5. The van der Waals surface area contributed by atoms with Gasteiger partial charge in [-0.2, -0.15) is 0 Å². The molecule has 2 aromatic rings. The van der Waals surface area contributed by atoms with E-state index in [4.69, 9.17) is 9.47 Å². The molecular weight excluding hydrogens is 330 g/mol. The van der Waals surface area contributed by atoms with Crippen molar-refractivity contribution in [3.8, 4) is 17.4 Å². The first-order valence-corrected chi connectivity index (χ1v) is 9.00. The van der Waals surface area contributed by atoms with Gasteiger partial charge in [0.15, 0.2) is 0 Å². The molecule has 1 saturated heterocycles. The van der Waals surface area contributed by atoms with Crippen LogP contribution < -0.4 is 9.47 Å². The van der Waals surface area contributed by atoms with Gasteiger partial charge in [-0.1, -0.05) is 13.8 Å². The summed E-state index contributed by atoms with van der Waals surface area (Å²) in [6, 6.07) is 7.36. The Labute approximate surface area is 154 Å². The number of amides is 1. The van der Waals surface area contributed by atoms with E-state index in [0.717, 1.165) is 30.8 Å². The monoisotopic (exact) mass is 355 g/mol. The second kappa shape index (κ2) is 8.17. The average molecular weight is 355 g/mol. The Bertz CT molecular complexity index is 746. The lowest BCUT2D eigenvalue weighted by Gasteiger charge is -2.33. The Kier molecular flexibility index (Phi) is 5.71. The van der Waals surface area contributed by atoms with Crippen molar-refractivity contribution in [1.29, 1.82) is 0 Å². The minimum Gasteiger partial charge on any atom is -0.497 e. The molecule has 138 valence electrons. The molecule has 26 heavy (non-hydrogen) atoms. The first-order chi connectivity index (χ1) is 12.6. The van der Waals surface area contributed by atoms with Crippen LogP contribution in [0, 0.1) is 5.92 Å². The number of methoxy groups -OCH3 is 1. The van der Waals surface area contributed by atoms with Gasteiger partial charge in [0.1, 0.15) is 17.2 Å². The highest BCUT2D eigenvalue weighted by Crippen LogP contribution is 2.33. The molecule has 6 nitrogen and oxygen atoms in total. The molecule has 0 unspecified atom stereocenters. The highest BCUT2D eigenvalue weighted by molar-refractivity contribution is 5.78. The van der Waals surface area contributed by atoms with Crippen molar-refractivity contribution in [2.24, 2.45) is 5.92 Å². The normalized spacial score (nSPS) is 17.2. The van der Waals surface area contributed by atoms with E-state index in [2.05, 4.69) is 9.97 Å². The predicted octanol–water partition coefficient (Wildman–Crippen LogP) is 3.64. The molecule has 1 aromatic carbocycles. The smallest absolute Gasteiger partial charge is 0.241 e. The Balaban J connectivity index is 1.78. The largest absolute Gasteiger partial charge is 0.497 e. The van der Waals surface area contributed by atoms with Gasteiger partial charge in [0.2, 0.25) is 11.8 Å². The number of hydrogen-bond acceptors (Lipinski definition) is 5. The van der Waals surface area contributed by atoms with Crippen LogP contribution in [0.5, 0.6) is 17.4 Å². The van der Waals surface area contributed by atoms with Gasteiger partial charge >= 0.3 is 0 Å². The van der Waals surface area contributed by atoms with Crippen LogP contribution in [0.1, 0.15) is 38.3 Å². The van der Waals surface area contributed by atoms with Gasteiger partial charge in [-0.3, -0.25) is 9.78 Å². The highest BCUT2D eigenvalue weighted by Gasteiger charge is 2.29. The van der Waals surface area contributed by atoms with Crippen molar-refractivity contribution in [2.45, 2.75) is 32.6 Å². The van der Waals surface area contributed by atoms with E-state index >= 15 is 0 Å². The molecule has 0 bridgehead atoms. The van der Waals surface area contributed by atoms with E-state index in [1.165, 1.54) is 0 Å². The zero-order chi connectivity index (χ0) is 18.5. The van der Waals surface area contributed by atoms with Gasteiger partial charge in [0.25, 0.3) is 0 Å². The Morgan fingerprint density at radius 1 is 1.15 bits per heavy atom. The maximum atomic E-state index is 12.4. The highest BCUT2D eigenvalue weighted by atomic mass is 16.5. The topological polar surface area (TPSA) is 64.6 Å². The quantitative estimate of drug-likeness (QED) is 0.819. The van der Waals surface area contributed by atoms with Crippen LogP contribution in [-0.4, -0.2) is 41.0 Å². The number of ether oxygens (including phenoxy) is 2. The van der Waals surface area contributed by atoms with Crippen molar-refractivity contribution in [3.05, 3.63) is 42.4 Å². The number of aromatic nitrogens is 2. The lowest BCUT2D eigenvalue weighted by atomic mass is 9.94. The van der Waals surface area contributed by atoms with Crippen molar-refractivity contribution in [2.75, 3.05) is 20.2 Å². The number of nitrogens with zero attached hydrogens (tertiary/aromatic N) is 3. The molecule has 1 aromatic heterocycles. The number of carbonyl (C=O) groups is 1. The summed E-state index contributed by atoms with van der Waals surface area (Å²) < 4.78 is 11.1. The zero-order valence-electron chi connectivity index (χ0n) is 15.5. The summed E-state index contributed by atoms with van der Waals surface area (Å²) in [6.07, 6.45) is 5.24. The van der Waals surface area contributed by atoms with E-state index in [1.54, 1.807) is 19.5 Å². The number of piperidine rings is 1. The maximum absolute atomic E-state index is 12.4. The second-order valence-electron chi connectivity index (χ2n) is 6.80. The number of carbonyl (C=O) groups excluding carboxylic acids is 1. The predicted molar refractivity (Wildman–Crippen MR) is 98.5 cm³/mol. The van der Waals surface area contributed by atoms with Crippen LogP contribution in [0.3, 0.4) is 0 Å². The molecule has 2 heterocycles. The number of likely N-dealkylation sites (tertiary alicyclic amines) is 1. The summed E-state index contributed by atoms with van der Waals surface area (Å²) >= 11 is 0. The lowest BCUT2D eigenvalue weighted by Crippen LogP contribution is -2.41. The van der Waals surface area contributed by atoms with Crippen molar-refractivity contribution < 1.29 is 14.3 Å². The molecule has 0 saturated carbocycles. The summed E-state index contributed by atoms with van der Waals surface area (Å²) in [4.78, 5) is 23.2. The van der Waals surface area contributed by atoms with Crippen molar-refractivity contribution >= 4 is 5.91 Å². The molecule has 1 aliphatic heterocycles. The summed E-state index contributed by atoms with van der Waals surface area (Å²) in [5.74, 6) is 2.28. The Hall–Kier alpha value is -2.63.